The third-order valence-electron chi connectivity index (χ3n) is 12.8. The number of benzene rings is 3. The zero-order valence-electron chi connectivity index (χ0n) is 44.8. The van der Waals surface area contributed by atoms with Gasteiger partial charge in [0.1, 0.15) is 40.8 Å². The van der Waals surface area contributed by atoms with Gasteiger partial charge in [0.05, 0.1) is 45.8 Å². The first-order chi connectivity index (χ1) is 37.7. The molecule has 2 amide bonds. The van der Waals surface area contributed by atoms with E-state index in [0.717, 1.165) is 58.3 Å². The largest absolute Gasteiger partial charge is 0.480 e. The van der Waals surface area contributed by atoms with Crippen LogP contribution in [-0.2, 0) is 89.9 Å². The van der Waals surface area contributed by atoms with Crippen molar-refractivity contribution < 1.29 is 109 Å². The van der Waals surface area contributed by atoms with Gasteiger partial charge in [-0.05, 0) is 120 Å². The normalized spacial score (nSPS) is 18.5. The minimum atomic E-state index is -4.44. The molecule has 81 heavy (non-hydrogen) atoms. The van der Waals surface area contributed by atoms with Crippen molar-refractivity contribution in [1.29, 1.82) is 0 Å². The SMILES string of the molecule is CCOC(=O)C1=CCCCC1S(=O)(=O)N(COC(=O)N1CCC[C@@H]1C(=O)O)c1ccc(F)cc1Cl.CCOC(=O)C1=CCCCC1S(=O)(=O)N(COC(=O)N1CCC[C@@H]1C(=O)OCc1ccccc1)c1ccc(F)cc1Cl.CO.[CH3-].[Pd]. The fraction of sp³-hybridized carbons (Fsp3) is 0.453. The predicted molar refractivity (Wildman–Crippen MR) is 291 cm³/mol. The van der Waals surface area contributed by atoms with Gasteiger partial charge in [-0.25, -0.2) is 63.0 Å². The summed E-state index contributed by atoms with van der Waals surface area (Å²) in [6.07, 6.45) is 4.78. The van der Waals surface area contributed by atoms with Crippen molar-refractivity contribution in [3.05, 3.63) is 125 Å². The summed E-state index contributed by atoms with van der Waals surface area (Å²) in [6, 6.07) is 13.2. The van der Waals surface area contributed by atoms with E-state index in [4.69, 9.17) is 52.0 Å². The summed E-state index contributed by atoms with van der Waals surface area (Å²) in [4.78, 5) is 77.3. The molecule has 0 saturated carbocycles. The number of amides is 2. The predicted octanol–water partition coefficient (Wildman–Crippen LogP) is 8.32. The van der Waals surface area contributed by atoms with E-state index in [-0.39, 0.29) is 113 Å². The number of ether oxygens (including phenoxy) is 5. The van der Waals surface area contributed by atoms with Crippen molar-refractivity contribution in [2.24, 2.45) is 0 Å². The number of rotatable bonds is 18. The Morgan fingerprint density at radius 3 is 1.44 bits per heavy atom. The Labute approximate surface area is 493 Å². The molecule has 28 heteroatoms. The molecule has 2 heterocycles. The number of hydrogen-bond acceptors (Lipinski definition) is 16. The second-order valence-corrected chi connectivity index (χ2v) is 22.7. The molecule has 2 fully saturated rings. The van der Waals surface area contributed by atoms with Gasteiger partial charge in [0.2, 0.25) is 20.0 Å². The number of halogens is 4. The number of likely N-dealkylation sites (tertiary alicyclic amines) is 2. The van der Waals surface area contributed by atoms with E-state index >= 15 is 0 Å². The van der Waals surface area contributed by atoms with Crippen molar-refractivity contribution in [2.75, 3.05) is 55.5 Å². The van der Waals surface area contributed by atoms with Gasteiger partial charge < -0.3 is 41.3 Å². The molecule has 0 radical (unpaired) electrons. The van der Waals surface area contributed by atoms with Gasteiger partial charge in [0.25, 0.3) is 0 Å². The van der Waals surface area contributed by atoms with Gasteiger partial charge >= 0.3 is 36.1 Å². The molecule has 450 valence electrons. The van der Waals surface area contributed by atoms with E-state index in [1.54, 1.807) is 26.0 Å². The van der Waals surface area contributed by atoms with Crippen molar-refractivity contribution in [3.63, 3.8) is 0 Å². The maximum absolute atomic E-state index is 14.0. The Kier molecular flexibility index (Phi) is 28.0. The topological polar surface area (TPSA) is 270 Å². The van der Waals surface area contributed by atoms with E-state index in [1.807, 2.05) is 18.2 Å². The first kappa shape index (κ1) is 69.4. The van der Waals surface area contributed by atoms with Gasteiger partial charge in [-0.15, -0.1) is 0 Å². The van der Waals surface area contributed by atoms with Gasteiger partial charge in [-0.1, -0.05) is 65.7 Å². The first-order valence-corrected chi connectivity index (χ1v) is 28.9. The van der Waals surface area contributed by atoms with Crippen LogP contribution in [0.1, 0.15) is 83.6 Å². The van der Waals surface area contributed by atoms with Crippen LogP contribution in [0.3, 0.4) is 0 Å². The summed E-state index contributed by atoms with van der Waals surface area (Å²) in [6.45, 7) is 1.99. The standard InChI is InChI=1S/C29H32ClFN2O8S.C22H26ClFN2O8S.CH4O.CH3.Pd/c1-2-39-27(34)22-11-6-7-13-26(22)42(37,38)33(24-15-14-21(31)17-23(24)30)19-41-29(36)32-16-8-12-25(32)28(35)40-18-20-9-4-3-5-10-20;1-2-33-21(29)15-6-3-4-8-19(15)35(31,32)26(17-10-9-14(24)12-16(17)23)13-34-22(30)25-11-5-7-18(25)20(27)28;1-2;;/h3-5,9-11,14-15,17,25-26H,2,6-8,12-13,16,18-19H2,1H3;6,9-10,12,18-19H,2-5,7-8,11,13H2,1H3,(H,27,28);2H,1H3;1H3;/q;;;-1;/t25-,26?;18-,19?;;;/m11.../s1. The molecule has 3 aromatic carbocycles. The number of carbonyl (C=O) groups is 6. The number of aliphatic hydroxyl groups excluding tert-OH is 1. The van der Waals surface area contributed by atoms with E-state index < -0.39 is 104 Å². The first-order valence-electron chi connectivity index (χ1n) is 25.1. The average Bonchev–Trinajstić information content (AvgIpc) is 4.15. The molecule has 21 nitrogen and oxygen atoms in total. The van der Waals surface area contributed by atoms with Crippen molar-refractivity contribution in [2.45, 2.75) is 107 Å². The second-order valence-electron chi connectivity index (χ2n) is 17.8. The molecule has 7 rings (SSSR count). The molecule has 2 unspecified atom stereocenters. The van der Waals surface area contributed by atoms with Crippen LogP contribution in [0.5, 0.6) is 0 Å². The van der Waals surface area contributed by atoms with Gasteiger partial charge in [0, 0.05) is 40.6 Å². The monoisotopic (exact) mass is 1310 g/mol. The summed E-state index contributed by atoms with van der Waals surface area (Å²) in [7, 11) is -7.87. The number of esters is 3. The van der Waals surface area contributed by atoms with Crippen LogP contribution >= 0.6 is 23.2 Å². The Balaban J connectivity index is 0.000000409. The zero-order valence-corrected chi connectivity index (χ0v) is 49.5. The van der Waals surface area contributed by atoms with Crippen molar-refractivity contribution in [1.82, 2.24) is 9.80 Å². The molecule has 0 bridgehead atoms. The summed E-state index contributed by atoms with van der Waals surface area (Å²) in [5.74, 6) is -4.75. The van der Waals surface area contributed by atoms with E-state index in [2.05, 4.69) is 0 Å². The zero-order chi connectivity index (χ0) is 58.0. The van der Waals surface area contributed by atoms with Crippen LogP contribution in [-0.4, -0.2) is 142 Å². The number of nitrogens with zero attached hydrogens (tertiary/aromatic N) is 4. The molecular weight excluding hydrogens is 1240 g/mol. The van der Waals surface area contributed by atoms with Gasteiger partial charge in [-0.3, -0.25) is 9.80 Å². The number of carboxylic acids is 1. The Bertz CT molecular complexity index is 2960. The third-order valence-corrected chi connectivity index (χ3v) is 17.7. The van der Waals surface area contributed by atoms with Gasteiger partial charge in [0.15, 0.2) is 13.5 Å². The molecule has 2 N–H and O–H groups in total. The summed E-state index contributed by atoms with van der Waals surface area (Å²) in [5.41, 5.74) is 0.413. The van der Waals surface area contributed by atoms with Gasteiger partial charge in [-0.2, -0.15) is 0 Å². The average molecular weight is 1310 g/mol. The molecule has 2 saturated heterocycles. The maximum Gasteiger partial charge on any atom is 0.412 e. The van der Waals surface area contributed by atoms with Crippen LogP contribution < -0.4 is 8.61 Å². The van der Waals surface area contributed by atoms with Crippen LogP contribution in [0, 0.1) is 19.1 Å². The molecule has 0 spiro atoms. The Hall–Kier alpha value is -5.88. The maximum atomic E-state index is 14.0. The molecule has 2 aliphatic carbocycles. The third kappa shape index (κ3) is 17.8. The molecule has 2 aliphatic heterocycles. The molecular formula is C53H65Cl2F2N4O17PdS2-. The molecule has 3 aromatic rings. The smallest absolute Gasteiger partial charge is 0.412 e. The second kappa shape index (κ2) is 32.7. The molecule has 4 atom stereocenters. The number of allylic oxidation sites excluding steroid dienone is 2. The van der Waals surface area contributed by atoms with Crippen molar-refractivity contribution >= 4 is 90.7 Å². The molecule has 0 aromatic heterocycles. The summed E-state index contributed by atoms with van der Waals surface area (Å²) < 4.78 is 111. The number of hydrogen-bond donors (Lipinski definition) is 2. The van der Waals surface area contributed by atoms with Crippen LogP contribution in [0.4, 0.5) is 29.7 Å². The number of anilines is 2. The van der Waals surface area contributed by atoms with E-state index in [0.29, 0.717) is 49.3 Å². The quantitative estimate of drug-likeness (QED) is 0.0398. The minimum absolute atomic E-state index is 0. The van der Waals surface area contributed by atoms with E-state index in [9.17, 15) is 59.5 Å². The van der Waals surface area contributed by atoms with E-state index in [1.165, 1.54) is 17.1 Å². The summed E-state index contributed by atoms with van der Waals surface area (Å²) >= 11 is 12.4. The van der Waals surface area contributed by atoms with Crippen LogP contribution in [0.2, 0.25) is 10.0 Å². The van der Waals surface area contributed by atoms with Crippen LogP contribution in [0.25, 0.3) is 0 Å². The van der Waals surface area contributed by atoms with Crippen LogP contribution in [0.15, 0.2) is 90.0 Å². The number of carboxylic acid groups (broad SMARTS) is 1. The Morgan fingerprint density at radius 2 is 1.04 bits per heavy atom. The minimum Gasteiger partial charge on any atom is -0.480 e. The number of carbonyl (C=O) groups excluding carboxylic acids is 5. The Morgan fingerprint density at radius 1 is 0.617 bits per heavy atom. The van der Waals surface area contributed by atoms with Crippen molar-refractivity contribution in [3.8, 4) is 0 Å². The number of aliphatic carboxylic acids is 1. The summed E-state index contributed by atoms with van der Waals surface area (Å²) in [5, 5.41) is 13.2. The number of sulfonamides is 2. The molecule has 4 aliphatic rings. The fourth-order valence-electron chi connectivity index (χ4n) is 9.10. The number of aliphatic hydroxyl groups is 1. The fourth-order valence-corrected chi connectivity index (χ4v) is 13.6.